The Morgan fingerprint density at radius 3 is 1.33 bits per heavy atom. The second-order valence-corrected chi connectivity index (χ2v) is 11.6. The number of rotatable bonds is 5. The first-order valence-electron chi connectivity index (χ1n) is 14.9. The van der Waals surface area contributed by atoms with E-state index in [1.54, 1.807) is 0 Å². The summed E-state index contributed by atoms with van der Waals surface area (Å²) in [6, 6.07) is 46.0. The van der Waals surface area contributed by atoms with Crippen LogP contribution in [0.5, 0.6) is 0 Å². The number of nitrogens with zero attached hydrogens (tertiary/aromatic N) is 2. The normalized spacial score (nSPS) is 11.7. The highest BCUT2D eigenvalue weighted by Gasteiger charge is 2.21. The monoisotopic (exact) mass is 550 g/mol. The molecule has 2 heterocycles. The van der Waals surface area contributed by atoms with Gasteiger partial charge in [-0.1, -0.05) is 111 Å². The first-order valence-corrected chi connectivity index (χ1v) is 14.9. The molecule has 2 aromatic heterocycles. The summed E-state index contributed by atoms with van der Waals surface area (Å²) < 4.78 is 0. The molecule has 0 aliphatic heterocycles. The fourth-order valence-corrected chi connectivity index (χ4v) is 6.65. The number of aromatic nitrogens is 2. The van der Waals surface area contributed by atoms with E-state index in [2.05, 4.69) is 129 Å². The first-order chi connectivity index (χ1) is 21.2. The fourth-order valence-electron chi connectivity index (χ4n) is 6.65. The van der Waals surface area contributed by atoms with Crippen LogP contribution in [-0.2, 0) is 0 Å². The maximum absolute atomic E-state index is 4.75. The van der Waals surface area contributed by atoms with Gasteiger partial charge in [0.1, 0.15) is 0 Å². The summed E-state index contributed by atoms with van der Waals surface area (Å²) in [5.74, 6) is 0.462. The van der Waals surface area contributed by atoms with Crippen molar-refractivity contribution >= 4 is 32.3 Å². The summed E-state index contributed by atoms with van der Waals surface area (Å²) in [5.41, 5.74) is 10.4. The highest BCUT2D eigenvalue weighted by atomic mass is 14.7. The summed E-state index contributed by atoms with van der Waals surface area (Å²) >= 11 is 0. The first kappa shape index (κ1) is 25.4. The van der Waals surface area contributed by atoms with Gasteiger partial charge in [0.2, 0.25) is 0 Å². The second-order valence-electron chi connectivity index (χ2n) is 11.6. The Bertz CT molecular complexity index is 2100. The SMILES string of the molecule is CC(C)c1cc2ccc3c(-c4ccccc4-c4ccccn4)cc(-c4ccccc4-c4ccccn4)c4ccc(c1)c2c34. The van der Waals surface area contributed by atoms with Crippen LogP contribution in [0, 0.1) is 0 Å². The van der Waals surface area contributed by atoms with Gasteiger partial charge in [-0.05, 0) is 96.4 Å². The number of pyridine rings is 2. The van der Waals surface area contributed by atoms with Crippen molar-refractivity contribution in [2.45, 2.75) is 19.8 Å². The third kappa shape index (κ3) is 4.18. The van der Waals surface area contributed by atoms with Gasteiger partial charge >= 0.3 is 0 Å². The van der Waals surface area contributed by atoms with Gasteiger partial charge in [0.15, 0.2) is 0 Å². The van der Waals surface area contributed by atoms with Gasteiger partial charge in [0.05, 0.1) is 11.4 Å². The van der Waals surface area contributed by atoms with Gasteiger partial charge < -0.3 is 0 Å². The lowest BCUT2D eigenvalue weighted by Gasteiger charge is -2.21. The van der Waals surface area contributed by atoms with Gasteiger partial charge in [0, 0.05) is 23.5 Å². The van der Waals surface area contributed by atoms with Crippen LogP contribution in [-0.4, -0.2) is 9.97 Å². The van der Waals surface area contributed by atoms with E-state index in [1.807, 2.05) is 24.5 Å². The molecule has 0 saturated heterocycles. The minimum atomic E-state index is 0.462. The molecule has 0 radical (unpaired) electrons. The molecule has 0 spiro atoms. The molecule has 0 amide bonds. The van der Waals surface area contributed by atoms with Crippen molar-refractivity contribution in [3.63, 3.8) is 0 Å². The van der Waals surface area contributed by atoms with E-state index >= 15 is 0 Å². The van der Waals surface area contributed by atoms with Crippen LogP contribution in [0.3, 0.4) is 0 Å². The number of benzene rings is 6. The Morgan fingerprint density at radius 2 is 0.884 bits per heavy atom. The van der Waals surface area contributed by atoms with Crippen LogP contribution >= 0.6 is 0 Å². The fraction of sp³-hybridized carbons (Fsp3) is 0.0732. The molecule has 8 aromatic rings. The van der Waals surface area contributed by atoms with E-state index in [0.29, 0.717) is 5.92 Å². The summed E-state index contributed by atoms with van der Waals surface area (Å²) in [5, 5.41) is 7.73. The Morgan fingerprint density at radius 1 is 0.419 bits per heavy atom. The zero-order valence-corrected chi connectivity index (χ0v) is 24.3. The number of hydrogen-bond donors (Lipinski definition) is 0. The maximum atomic E-state index is 4.75. The summed E-state index contributed by atoms with van der Waals surface area (Å²) in [6.07, 6.45) is 3.74. The predicted molar refractivity (Wildman–Crippen MR) is 182 cm³/mol. The molecular weight excluding hydrogens is 520 g/mol. The van der Waals surface area contributed by atoms with E-state index < -0.39 is 0 Å². The molecule has 0 bridgehead atoms. The zero-order chi connectivity index (χ0) is 28.9. The minimum Gasteiger partial charge on any atom is -0.256 e. The van der Waals surface area contributed by atoms with Crippen molar-refractivity contribution in [1.29, 1.82) is 0 Å². The van der Waals surface area contributed by atoms with Crippen molar-refractivity contribution in [2.75, 3.05) is 0 Å². The Kier molecular flexibility index (Phi) is 6.01. The largest absolute Gasteiger partial charge is 0.256 e. The highest BCUT2D eigenvalue weighted by Crippen LogP contribution is 2.47. The molecule has 8 rings (SSSR count). The molecule has 0 fully saturated rings. The van der Waals surface area contributed by atoms with E-state index in [0.717, 1.165) is 22.5 Å². The van der Waals surface area contributed by atoms with Crippen molar-refractivity contribution in [3.05, 3.63) is 145 Å². The Balaban J connectivity index is 1.52. The van der Waals surface area contributed by atoms with Crippen molar-refractivity contribution in [1.82, 2.24) is 9.97 Å². The molecule has 204 valence electrons. The molecule has 0 aliphatic carbocycles. The van der Waals surface area contributed by atoms with Crippen LogP contribution in [0.25, 0.3) is 77.1 Å². The average Bonchev–Trinajstić information content (AvgIpc) is 3.07. The smallest absolute Gasteiger partial charge is 0.0708 e. The van der Waals surface area contributed by atoms with E-state index in [1.165, 1.54) is 60.1 Å². The highest BCUT2D eigenvalue weighted by molar-refractivity contribution is 6.29. The third-order valence-electron chi connectivity index (χ3n) is 8.72. The topological polar surface area (TPSA) is 25.8 Å². The lowest BCUT2D eigenvalue weighted by molar-refractivity contribution is 0.870. The average molecular weight is 551 g/mol. The Hall–Kier alpha value is -5.34. The lowest BCUT2D eigenvalue weighted by atomic mass is 9.82. The van der Waals surface area contributed by atoms with Crippen molar-refractivity contribution in [3.8, 4) is 44.8 Å². The van der Waals surface area contributed by atoms with E-state index in [-0.39, 0.29) is 0 Å². The quantitative estimate of drug-likeness (QED) is 0.199. The third-order valence-corrected chi connectivity index (χ3v) is 8.72. The predicted octanol–water partition coefficient (Wildman–Crippen LogP) is 11.2. The number of hydrogen-bond acceptors (Lipinski definition) is 2. The van der Waals surface area contributed by atoms with E-state index in [4.69, 9.17) is 9.97 Å². The molecule has 43 heavy (non-hydrogen) atoms. The van der Waals surface area contributed by atoms with Crippen LogP contribution in [0.15, 0.2) is 140 Å². The van der Waals surface area contributed by atoms with Crippen LogP contribution < -0.4 is 0 Å². The molecule has 0 N–H and O–H groups in total. The van der Waals surface area contributed by atoms with Gasteiger partial charge in [-0.15, -0.1) is 0 Å². The molecule has 2 heteroatoms. The van der Waals surface area contributed by atoms with Gasteiger partial charge in [-0.3, -0.25) is 9.97 Å². The van der Waals surface area contributed by atoms with Crippen molar-refractivity contribution in [2.24, 2.45) is 0 Å². The zero-order valence-electron chi connectivity index (χ0n) is 24.3. The molecule has 0 unspecified atom stereocenters. The van der Waals surface area contributed by atoms with Gasteiger partial charge in [-0.2, -0.15) is 0 Å². The summed E-state index contributed by atoms with van der Waals surface area (Å²) in [4.78, 5) is 9.50. The molecule has 0 aliphatic rings. The summed E-state index contributed by atoms with van der Waals surface area (Å²) in [7, 11) is 0. The lowest BCUT2D eigenvalue weighted by Crippen LogP contribution is -1.95. The van der Waals surface area contributed by atoms with Gasteiger partial charge in [0.25, 0.3) is 0 Å². The second kappa shape index (κ2) is 10.2. The van der Waals surface area contributed by atoms with Crippen LogP contribution in [0.4, 0.5) is 0 Å². The summed E-state index contributed by atoms with van der Waals surface area (Å²) in [6.45, 7) is 4.54. The maximum Gasteiger partial charge on any atom is 0.0708 e. The molecule has 6 aromatic carbocycles. The van der Waals surface area contributed by atoms with E-state index in [9.17, 15) is 0 Å². The van der Waals surface area contributed by atoms with Crippen LogP contribution in [0.2, 0.25) is 0 Å². The standard InChI is InChI=1S/C41H30N2/c1-26(2)29-23-27-17-19-34-36(30-11-3-5-13-32(30)38-15-7-9-21-42-38)25-37(35-20-18-28(24-29)40(27)41(34)35)31-12-4-6-14-33(31)39-16-8-10-22-43-39/h3-26H,1-2H3. The molecule has 0 atom stereocenters. The molecule has 0 saturated carbocycles. The minimum absolute atomic E-state index is 0.462. The van der Waals surface area contributed by atoms with Crippen molar-refractivity contribution < 1.29 is 0 Å². The molecule has 2 nitrogen and oxygen atoms in total. The van der Waals surface area contributed by atoms with Gasteiger partial charge in [-0.25, -0.2) is 0 Å². The van der Waals surface area contributed by atoms with Crippen LogP contribution in [0.1, 0.15) is 25.3 Å². The molecular formula is C41H30N2. The Labute approximate surface area is 251 Å².